The number of thiazole rings is 1. The van der Waals surface area contributed by atoms with Crippen molar-refractivity contribution in [2.45, 2.75) is 0 Å². The summed E-state index contributed by atoms with van der Waals surface area (Å²) in [6, 6.07) is 20.4. The van der Waals surface area contributed by atoms with E-state index < -0.39 is 0 Å². The molecule has 0 aliphatic carbocycles. The highest BCUT2D eigenvalue weighted by Crippen LogP contribution is 2.31. The van der Waals surface area contributed by atoms with Gasteiger partial charge in [0, 0.05) is 11.1 Å². The molecule has 0 radical (unpaired) electrons. The molecule has 0 aliphatic heterocycles. The van der Waals surface area contributed by atoms with Crippen molar-refractivity contribution in [1.82, 2.24) is 4.98 Å². The molecule has 0 spiro atoms. The normalized spacial score (nSPS) is 11.0. The summed E-state index contributed by atoms with van der Waals surface area (Å²) in [6.45, 7) is 0. The van der Waals surface area contributed by atoms with Gasteiger partial charge in [0.2, 0.25) is 0 Å². The number of rotatable bonds is 2. The molecule has 0 N–H and O–H groups in total. The number of benzene rings is 2. The highest BCUT2D eigenvalue weighted by molar-refractivity contribution is 7.21. The first-order valence-corrected chi connectivity index (χ1v) is 7.22. The third-order valence-corrected chi connectivity index (χ3v) is 4.32. The SMILES string of the molecule is c1coc(-c2ccc(-c3nc4ccccc4s3)cc2)c1. The fourth-order valence-electron chi connectivity index (χ4n) is 2.22. The van der Waals surface area contributed by atoms with E-state index in [1.54, 1.807) is 17.6 Å². The minimum absolute atomic E-state index is 0.890. The van der Waals surface area contributed by atoms with Crippen molar-refractivity contribution in [3.05, 3.63) is 66.9 Å². The monoisotopic (exact) mass is 277 g/mol. The second kappa shape index (κ2) is 4.62. The number of furan rings is 1. The van der Waals surface area contributed by atoms with Gasteiger partial charge in [-0.15, -0.1) is 11.3 Å². The molecule has 2 aromatic heterocycles. The van der Waals surface area contributed by atoms with Crippen LogP contribution in [0.25, 0.3) is 32.1 Å². The lowest BCUT2D eigenvalue weighted by Gasteiger charge is -1.99. The minimum Gasteiger partial charge on any atom is -0.464 e. The molecule has 0 unspecified atom stereocenters. The highest BCUT2D eigenvalue weighted by Gasteiger charge is 2.06. The number of nitrogens with zero attached hydrogens (tertiary/aromatic N) is 1. The Balaban J connectivity index is 1.75. The van der Waals surface area contributed by atoms with Gasteiger partial charge in [0.1, 0.15) is 10.8 Å². The molecule has 0 saturated carbocycles. The third-order valence-electron chi connectivity index (χ3n) is 3.23. The summed E-state index contributed by atoms with van der Waals surface area (Å²) in [6.07, 6.45) is 1.69. The molecule has 0 atom stereocenters. The van der Waals surface area contributed by atoms with E-state index in [9.17, 15) is 0 Å². The fourth-order valence-corrected chi connectivity index (χ4v) is 3.19. The summed E-state index contributed by atoms with van der Waals surface area (Å²) in [5, 5.41) is 1.05. The van der Waals surface area contributed by atoms with Gasteiger partial charge in [-0.1, -0.05) is 36.4 Å². The molecule has 2 heterocycles. The lowest BCUT2D eigenvalue weighted by Crippen LogP contribution is -1.77. The Morgan fingerprint density at radius 3 is 2.35 bits per heavy atom. The van der Waals surface area contributed by atoms with E-state index in [-0.39, 0.29) is 0 Å². The summed E-state index contributed by atoms with van der Waals surface area (Å²) in [4.78, 5) is 4.67. The lowest BCUT2D eigenvalue weighted by atomic mass is 10.1. The molecule has 0 bridgehead atoms. The molecule has 4 rings (SSSR count). The Labute approximate surface area is 120 Å². The van der Waals surface area contributed by atoms with Gasteiger partial charge in [-0.2, -0.15) is 0 Å². The summed E-state index contributed by atoms with van der Waals surface area (Å²) in [5.41, 5.74) is 3.28. The zero-order valence-corrected chi connectivity index (χ0v) is 11.4. The molecule has 96 valence electrons. The van der Waals surface area contributed by atoms with E-state index in [2.05, 4.69) is 35.3 Å². The van der Waals surface area contributed by atoms with Crippen molar-refractivity contribution in [1.29, 1.82) is 0 Å². The summed E-state index contributed by atoms with van der Waals surface area (Å²) in [7, 11) is 0. The first kappa shape index (κ1) is 11.4. The average molecular weight is 277 g/mol. The molecular formula is C17H11NOS. The molecule has 3 heteroatoms. The minimum atomic E-state index is 0.890. The summed E-state index contributed by atoms with van der Waals surface area (Å²) < 4.78 is 6.62. The van der Waals surface area contributed by atoms with E-state index in [1.165, 1.54) is 4.70 Å². The van der Waals surface area contributed by atoms with Crippen LogP contribution in [0.5, 0.6) is 0 Å². The van der Waals surface area contributed by atoms with Crippen molar-refractivity contribution >= 4 is 21.6 Å². The van der Waals surface area contributed by atoms with Crippen LogP contribution in [0.4, 0.5) is 0 Å². The van der Waals surface area contributed by atoms with Crippen LogP contribution in [0.3, 0.4) is 0 Å². The maximum absolute atomic E-state index is 5.40. The Morgan fingerprint density at radius 2 is 1.60 bits per heavy atom. The first-order valence-electron chi connectivity index (χ1n) is 6.40. The van der Waals surface area contributed by atoms with Gasteiger partial charge in [0.15, 0.2) is 0 Å². The van der Waals surface area contributed by atoms with Crippen molar-refractivity contribution in [2.24, 2.45) is 0 Å². The van der Waals surface area contributed by atoms with Crippen LogP contribution in [0, 0.1) is 0 Å². The van der Waals surface area contributed by atoms with Crippen LogP contribution < -0.4 is 0 Å². The Bertz CT molecular complexity index is 811. The third kappa shape index (κ3) is 1.92. The van der Waals surface area contributed by atoms with Gasteiger partial charge in [-0.05, 0) is 24.3 Å². The molecule has 0 aliphatic rings. The Morgan fingerprint density at radius 1 is 0.800 bits per heavy atom. The quantitative estimate of drug-likeness (QED) is 0.502. The van der Waals surface area contributed by atoms with Crippen LogP contribution in [-0.2, 0) is 0 Å². The maximum atomic E-state index is 5.40. The molecule has 0 fully saturated rings. The van der Waals surface area contributed by atoms with Crippen molar-refractivity contribution in [2.75, 3.05) is 0 Å². The average Bonchev–Trinajstić information content (AvgIpc) is 3.17. The molecule has 20 heavy (non-hydrogen) atoms. The van der Waals surface area contributed by atoms with Crippen molar-refractivity contribution in [3.63, 3.8) is 0 Å². The van der Waals surface area contributed by atoms with Crippen molar-refractivity contribution < 1.29 is 4.42 Å². The predicted octanol–water partition coefficient (Wildman–Crippen LogP) is 5.22. The van der Waals surface area contributed by atoms with E-state index in [4.69, 9.17) is 4.42 Å². The molecular weight excluding hydrogens is 266 g/mol. The van der Waals surface area contributed by atoms with Gasteiger partial charge < -0.3 is 4.42 Å². The smallest absolute Gasteiger partial charge is 0.133 e. The molecule has 4 aromatic rings. The topological polar surface area (TPSA) is 26.0 Å². The molecule has 2 nitrogen and oxygen atoms in total. The Hall–Kier alpha value is -2.39. The van der Waals surface area contributed by atoms with E-state index in [0.29, 0.717) is 0 Å². The first-order chi connectivity index (χ1) is 9.90. The number of hydrogen-bond donors (Lipinski definition) is 0. The van der Waals surface area contributed by atoms with Gasteiger partial charge in [-0.25, -0.2) is 4.98 Å². The molecule has 2 aromatic carbocycles. The second-order valence-corrected chi connectivity index (χ2v) is 5.57. The number of para-hydroxylation sites is 1. The summed E-state index contributed by atoms with van der Waals surface area (Å²) >= 11 is 1.72. The second-order valence-electron chi connectivity index (χ2n) is 4.54. The van der Waals surface area contributed by atoms with Gasteiger partial charge in [0.25, 0.3) is 0 Å². The van der Waals surface area contributed by atoms with Crippen molar-refractivity contribution in [3.8, 4) is 21.9 Å². The Kier molecular flexibility index (Phi) is 2.64. The number of fused-ring (bicyclic) bond motifs is 1. The molecule has 0 saturated heterocycles. The van der Waals surface area contributed by atoms with Crippen LogP contribution in [-0.4, -0.2) is 4.98 Å². The van der Waals surface area contributed by atoms with Crippen LogP contribution in [0.1, 0.15) is 0 Å². The molecule has 0 amide bonds. The largest absolute Gasteiger partial charge is 0.464 e. The van der Waals surface area contributed by atoms with Gasteiger partial charge >= 0.3 is 0 Å². The van der Waals surface area contributed by atoms with Crippen LogP contribution in [0.2, 0.25) is 0 Å². The van der Waals surface area contributed by atoms with E-state index in [1.807, 2.05) is 30.3 Å². The predicted molar refractivity (Wildman–Crippen MR) is 82.8 cm³/mol. The van der Waals surface area contributed by atoms with Gasteiger partial charge in [0.05, 0.1) is 16.5 Å². The zero-order valence-electron chi connectivity index (χ0n) is 10.6. The van der Waals surface area contributed by atoms with E-state index in [0.717, 1.165) is 27.4 Å². The van der Waals surface area contributed by atoms with Crippen LogP contribution in [0.15, 0.2) is 71.3 Å². The number of hydrogen-bond acceptors (Lipinski definition) is 3. The standard InChI is InChI=1S/C17H11NOS/c1-2-6-16-14(4-1)18-17(20-16)13-9-7-12(8-10-13)15-5-3-11-19-15/h1-11H. The van der Waals surface area contributed by atoms with Crippen LogP contribution >= 0.6 is 11.3 Å². The number of aromatic nitrogens is 1. The fraction of sp³-hybridized carbons (Fsp3) is 0. The van der Waals surface area contributed by atoms with Gasteiger partial charge in [-0.3, -0.25) is 0 Å². The highest BCUT2D eigenvalue weighted by atomic mass is 32.1. The summed E-state index contributed by atoms with van der Waals surface area (Å²) in [5.74, 6) is 0.890. The lowest BCUT2D eigenvalue weighted by molar-refractivity contribution is 0.582. The zero-order chi connectivity index (χ0) is 13.4. The van der Waals surface area contributed by atoms with E-state index >= 15 is 0 Å². The maximum Gasteiger partial charge on any atom is 0.133 e.